The highest BCUT2D eigenvalue weighted by molar-refractivity contribution is 7.21. The second-order valence-corrected chi connectivity index (χ2v) is 10.2. The Morgan fingerprint density at radius 3 is 2.46 bits per heavy atom. The van der Waals surface area contributed by atoms with E-state index in [1.807, 2.05) is 53.9 Å². The molecule has 1 amide bonds. The minimum absolute atomic E-state index is 0.0991. The van der Waals surface area contributed by atoms with E-state index < -0.39 is 5.91 Å². The lowest BCUT2D eigenvalue weighted by Gasteiger charge is -2.09. The third kappa shape index (κ3) is 3.94. The average molecular weight is 519 g/mol. The minimum atomic E-state index is -0.393. The maximum absolute atomic E-state index is 13.3. The van der Waals surface area contributed by atoms with Gasteiger partial charge in [0.15, 0.2) is 5.13 Å². The molecule has 0 radical (unpaired) electrons. The SMILES string of the molecule is N#Cc1c(N)nc2sc(C(=O)Nc3nc(-c4ccc5ccccc5c4)cs3)c(N)c2c1-c1ccccc1. The van der Waals surface area contributed by atoms with Gasteiger partial charge in [0.2, 0.25) is 0 Å². The van der Waals surface area contributed by atoms with Crippen LogP contribution in [0.15, 0.2) is 78.2 Å². The second kappa shape index (κ2) is 9.02. The van der Waals surface area contributed by atoms with Crippen LogP contribution in [0.1, 0.15) is 15.2 Å². The van der Waals surface area contributed by atoms with Gasteiger partial charge in [-0.05, 0) is 22.4 Å². The number of nitrogens with zero attached hydrogens (tertiary/aromatic N) is 3. The fraction of sp³-hybridized carbons (Fsp3) is 0. The highest BCUT2D eigenvalue weighted by atomic mass is 32.1. The number of thiophene rings is 1. The van der Waals surface area contributed by atoms with Gasteiger partial charge in [-0.1, -0.05) is 66.7 Å². The van der Waals surface area contributed by atoms with Gasteiger partial charge in [0.05, 0.1) is 11.4 Å². The largest absolute Gasteiger partial charge is 0.397 e. The molecule has 0 saturated heterocycles. The van der Waals surface area contributed by atoms with E-state index in [0.717, 1.165) is 38.9 Å². The number of nitriles is 1. The van der Waals surface area contributed by atoms with Crippen LogP contribution in [-0.4, -0.2) is 15.9 Å². The third-order valence-corrected chi connectivity index (χ3v) is 7.91. The molecular weight excluding hydrogens is 500 g/mol. The molecule has 5 N–H and O–H groups in total. The van der Waals surface area contributed by atoms with Gasteiger partial charge >= 0.3 is 0 Å². The van der Waals surface area contributed by atoms with Crippen LogP contribution < -0.4 is 16.8 Å². The summed E-state index contributed by atoms with van der Waals surface area (Å²) in [6.07, 6.45) is 0. The van der Waals surface area contributed by atoms with E-state index in [2.05, 4.69) is 45.6 Å². The van der Waals surface area contributed by atoms with Crippen LogP contribution in [-0.2, 0) is 0 Å². The number of carbonyl (C=O) groups excluding carboxylic acids is 1. The molecule has 0 aliphatic heterocycles. The Labute approximate surface area is 219 Å². The van der Waals surface area contributed by atoms with Crippen molar-refractivity contribution in [2.75, 3.05) is 16.8 Å². The predicted molar refractivity (Wildman–Crippen MR) is 152 cm³/mol. The number of anilines is 3. The van der Waals surface area contributed by atoms with Gasteiger partial charge in [-0.3, -0.25) is 10.1 Å². The lowest BCUT2D eigenvalue weighted by atomic mass is 9.97. The number of nitrogens with two attached hydrogens (primary N) is 2. The van der Waals surface area contributed by atoms with Crippen molar-refractivity contribution in [2.45, 2.75) is 0 Å². The summed E-state index contributed by atoms with van der Waals surface area (Å²) in [5.74, 6) is -0.294. The van der Waals surface area contributed by atoms with Crippen molar-refractivity contribution in [3.63, 3.8) is 0 Å². The van der Waals surface area contributed by atoms with Crippen LogP contribution in [0, 0.1) is 11.3 Å². The maximum Gasteiger partial charge on any atom is 0.269 e. The number of rotatable bonds is 4. The van der Waals surface area contributed by atoms with Crippen LogP contribution in [0.25, 0.3) is 43.4 Å². The Morgan fingerprint density at radius 2 is 1.68 bits per heavy atom. The van der Waals surface area contributed by atoms with Crippen molar-refractivity contribution in [3.05, 3.63) is 88.6 Å². The summed E-state index contributed by atoms with van der Waals surface area (Å²) < 4.78 is 0. The Balaban J connectivity index is 1.36. The Morgan fingerprint density at radius 1 is 0.919 bits per heavy atom. The second-order valence-electron chi connectivity index (χ2n) is 8.30. The standard InChI is InChI=1S/C28H18N6OS2/c29-13-19-21(16-7-2-1-3-8-16)22-23(30)24(37-27(22)33-25(19)31)26(35)34-28-32-20(14-36-28)18-11-10-15-6-4-5-9-17(15)12-18/h1-12,14H,30H2,(H2,31,33)(H,32,34,35). The fourth-order valence-electron chi connectivity index (χ4n) is 4.31. The molecule has 6 aromatic rings. The molecule has 3 aromatic heterocycles. The number of nitrogen functional groups attached to an aromatic ring is 2. The molecule has 0 saturated carbocycles. The quantitative estimate of drug-likeness (QED) is 0.243. The fourth-order valence-corrected chi connectivity index (χ4v) is 6.03. The maximum atomic E-state index is 13.3. The number of carbonyl (C=O) groups is 1. The highest BCUT2D eigenvalue weighted by Crippen LogP contribution is 2.42. The van der Waals surface area contributed by atoms with Gasteiger partial charge in [-0.15, -0.1) is 22.7 Å². The molecule has 7 nitrogen and oxygen atoms in total. The van der Waals surface area contributed by atoms with Gasteiger partial charge < -0.3 is 11.5 Å². The summed E-state index contributed by atoms with van der Waals surface area (Å²) in [5, 5.41) is 17.8. The molecule has 6 rings (SSSR count). The zero-order valence-corrected chi connectivity index (χ0v) is 20.9. The number of nitrogens with one attached hydrogen (secondary N) is 1. The topological polar surface area (TPSA) is 131 Å². The number of hydrogen-bond acceptors (Lipinski definition) is 8. The lowest BCUT2D eigenvalue weighted by molar-refractivity contribution is 0.103. The van der Waals surface area contributed by atoms with Crippen molar-refractivity contribution in [1.29, 1.82) is 5.26 Å². The van der Waals surface area contributed by atoms with E-state index in [1.165, 1.54) is 11.3 Å². The zero-order valence-electron chi connectivity index (χ0n) is 19.2. The van der Waals surface area contributed by atoms with Crippen molar-refractivity contribution >= 4 is 66.2 Å². The van der Waals surface area contributed by atoms with Crippen LogP contribution in [0.2, 0.25) is 0 Å². The Hall–Kier alpha value is -4.78. The monoisotopic (exact) mass is 518 g/mol. The molecule has 178 valence electrons. The number of aromatic nitrogens is 2. The number of hydrogen-bond donors (Lipinski definition) is 3. The van der Waals surface area contributed by atoms with E-state index >= 15 is 0 Å². The molecule has 0 unspecified atom stereocenters. The van der Waals surface area contributed by atoms with Crippen molar-refractivity contribution < 1.29 is 4.79 Å². The van der Waals surface area contributed by atoms with Crippen molar-refractivity contribution in [3.8, 4) is 28.5 Å². The molecule has 0 fully saturated rings. The summed E-state index contributed by atoms with van der Waals surface area (Å²) in [4.78, 5) is 23.0. The minimum Gasteiger partial charge on any atom is -0.397 e. The number of benzene rings is 3. The molecule has 0 bridgehead atoms. The molecule has 3 aromatic carbocycles. The van der Waals surface area contributed by atoms with Crippen molar-refractivity contribution in [1.82, 2.24) is 9.97 Å². The third-order valence-electron chi connectivity index (χ3n) is 6.06. The number of fused-ring (bicyclic) bond motifs is 2. The first-order valence-electron chi connectivity index (χ1n) is 11.3. The molecule has 3 heterocycles. The molecular formula is C28H18N6OS2. The van der Waals surface area contributed by atoms with E-state index in [4.69, 9.17) is 11.5 Å². The van der Waals surface area contributed by atoms with Gasteiger partial charge in [-0.2, -0.15) is 5.26 Å². The molecule has 0 aliphatic carbocycles. The first-order chi connectivity index (χ1) is 18.0. The van der Waals surface area contributed by atoms with E-state index in [9.17, 15) is 10.1 Å². The zero-order chi connectivity index (χ0) is 25.5. The number of thiazole rings is 1. The molecule has 9 heteroatoms. The summed E-state index contributed by atoms with van der Waals surface area (Å²) in [6, 6.07) is 25.8. The van der Waals surface area contributed by atoms with E-state index in [-0.39, 0.29) is 21.9 Å². The predicted octanol–water partition coefficient (Wildman–Crippen LogP) is 6.53. The van der Waals surface area contributed by atoms with Crippen LogP contribution in [0.4, 0.5) is 16.6 Å². The molecule has 0 aliphatic rings. The van der Waals surface area contributed by atoms with Crippen molar-refractivity contribution in [2.24, 2.45) is 0 Å². The van der Waals surface area contributed by atoms with Gasteiger partial charge in [0.25, 0.3) is 5.91 Å². The Kier molecular flexibility index (Phi) is 5.53. The number of pyridine rings is 1. The smallest absolute Gasteiger partial charge is 0.269 e. The summed E-state index contributed by atoms with van der Waals surface area (Å²) in [7, 11) is 0. The Bertz CT molecular complexity index is 1870. The van der Waals surface area contributed by atoms with Gasteiger partial charge in [0, 0.05) is 21.9 Å². The first-order valence-corrected chi connectivity index (χ1v) is 13.0. The van der Waals surface area contributed by atoms with Gasteiger partial charge in [-0.25, -0.2) is 9.97 Å². The molecule has 37 heavy (non-hydrogen) atoms. The van der Waals surface area contributed by atoms with Crippen LogP contribution in [0.3, 0.4) is 0 Å². The number of amides is 1. The van der Waals surface area contributed by atoms with Crippen LogP contribution in [0.5, 0.6) is 0 Å². The molecule has 0 spiro atoms. The van der Waals surface area contributed by atoms with Crippen LogP contribution >= 0.6 is 22.7 Å². The first kappa shape index (κ1) is 22.7. The van der Waals surface area contributed by atoms with Gasteiger partial charge in [0.1, 0.15) is 27.2 Å². The summed E-state index contributed by atoms with van der Waals surface area (Å²) in [6.45, 7) is 0. The lowest BCUT2D eigenvalue weighted by Crippen LogP contribution is -2.11. The highest BCUT2D eigenvalue weighted by Gasteiger charge is 2.24. The summed E-state index contributed by atoms with van der Waals surface area (Å²) in [5.41, 5.74) is 16.2. The normalized spacial score (nSPS) is 11.0. The molecule has 0 atom stereocenters. The summed E-state index contributed by atoms with van der Waals surface area (Å²) >= 11 is 2.47. The average Bonchev–Trinajstić information content (AvgIpc) is 3.52. The van der Waals surface area contributed by atoms with E-state index in [0.29, 0.717) is 20.9 Å². The van der Waals surface area contributed by atoms with E-state index in [1.54, 1.807) is 0 Å².